The fraction of sp³-hybridized carbons (Fsp3) is 0.286. The molecule has 2 rings (SSSR count). The predicted molar refractivity (Wildman–Crippen MR) is 65.5 cm³/mol. The Morgan fingerprint density at radius 1 is 1.29 bits per heavy atom. The topological polar surface area (TPSA) is 43.1 Å². The van der Waals surface area contributed by atoms with Gasteiger partial charge in [0.2, 0.25) is 0 Å². The third-order valence-electron chi connectivity index (χ3n) is 2.71. The van der Waals surface area contributed by atoms with Crippen molar-refractivity contribution in [2.45, 2.75) is 20.3 Å². The summed E-state index contributed by atoms with van der Waals surface area (Å²) < 4.78 is 4.98. The van der Waals surface area contributed by atoms with E-state index in [1.54, 1.807) is 6.26 Å². The monoisotopic (exact) mass is 229 g/mol. The van der Waals surface area contributed by atoms with Crippen molar-refractivity contribution in [2.75, 3.05) is 0 Å². The minimum absolute atomic E-state index is 0.0234. The molecule has 0 fully saturated rings. The minimum atomic E-state index is 0.0234. The highest BCUT2D eigenvalue weighted by molar-refractivity contribution is 5.84. The van der Waals surface area contributed by atoms with Crippen LogP contribution in [0, 0.1) is 5.92 Å². The summed E-state index contributed by atoms with van der Waals surface area (Å²) in [4.78, 5) is 11.7. The summed E-state index contributed by atoms with van der Waals surface area (Å²) in [7, 11) is 0. The molecule has 0 aliphatic carbocycles. The van der Waals surface area contributed by atoms with Crippen LogP contribution in [0.4, 0.5) is 0 Å². The molecule has 2 aromatic rings. The molecule has 0 bridgehead atoms. The molecule has 0 radical (unpaired) electrons. The molecule has 0 unspecified atom stereocenters. The maximum absolute atomic E-state index is 11.7. The molecule has 0 N–H and O–H groups in total. The number of nitrogens with zero attached hydrogens (tertiary/aromatic N) is 1. The van der Waals surface area contributed by atoms with Gasteiger partial charge in [0.15, 0.2) is 0 Å². The molecule has 1 aromatic heterocycles. The van der Waals surface area contributed by atoms with E-state index in [9.17, 15) is 4.79 Å². The molecular formula is C14H15NO2. The fourth-order valence-corrected chi connectivity index (χ4v) is 1.61. The molecule has 0 atom stereocenters. The van der Waals surface area contributed by atoms with E-state index < -0.39 is 0 Å². The maximum Gasteiger partial charge on any atom is 0.141 e. The first-order valence-electron chi connectivity index (χ1n) is 5.70. The molecule has 3 heteroatoms. The second-order valence-corrected chi connectivity index (χ2v) is 4.34. The lowest BCUT2D eigenvalue weighted by Gasteiger charge is -2.03. The van der Waals surface area contributed by atoms with E-state index in [1.807, 2.05) is 44.2 Å². The van der Waals surface area contributed by atoms with Gasteiger partial charge in [0.05, 0.1) is 12.1 Å². The summed E-state index contributed by atoms with van der Waals surface area (Å²) in [6.45, 7) is 3.79. The van der Waals surface area contributed by atoms with Gasteiger partial charge < -0.3 is 4.52 Å². The van der Waals surface area contributed by atoms with Crippen LogP contribution in [0.15, 0.2) is 41.1 Å². The zero-order valence-electron chi connectivity index (χ0n) is 10.0. The van der Waals surface area contributed by atoms with Gasteiger partial charge >= 0.3 is 0 Å². The standard InChI is InChI=1S/C14H15NO2/c1-10(2)14(16)8-13-12(9-17-15-13)11-6-4-3-5-7-11/h3-7,9-10H,8H2,1-2H3. The molecular weight excluding hydrogens is 214 g/mol. The number of hydrogen-bond acceptors (Lipinski definition) is 3. The van der Waals surface area contributed by atoms with E-state index in [-0.39, 0.29) is 11.7 Å². The number of carbonyl (C=O) groups excluding carboxylic acids is 1. The Kier molecular flexibility index (Phi) is 3.38. The second kappa shape index (κ2) is 4.95. The van der Waals surface area contributed by atoms with Gasteiger partial charge in [-0.2, -0.15) is 0 Å². The highest BCUT2D eigenvalue weighted by atomic mass is 16.5. The van der Waals surface area contributed by atoms with Crippen LogP contribution in [0.3, 0.4) is 0 Å². The van der Waals surface area contributed by atoms with Crippen molar-refractivity contribution in [2.24, 2.45) is 5.92 Å². The first-order chi connectivity index (χ1) is 8.18. The van der Waals surface area contributed by atoms with E-state index in [1.165, 1.54) is 0 Å². The van der Waals surface area contributed by atoms with Crippen molar-refractivity contribution in [3.63, 3.8) is 0 Å². The average Bonchev–Trinajstić information content (AvgIpc) is 2.78. The van der Waals surface area contributed by atoms with E-state index >= 15 is 0 Å². The number of benzene rings is 1. The number of Topliss-reactive ketones (excluding diaryl/α,β-unsaturated/α-hetero) is 1. The lowest BCUT2D eigenvalue weighted by atomic mass is 9.99. The van der Waals surface area contributed by atoms with Crippen LogP contribution < -0.4 is 0 Å². The largest absolute Gasteiger partial charge is 0.364 e. The van der Waals surface area contributed by atoms with Crippen LogP contribution in [-0.2, 0) is 11.2 Å². The average molecular weight is 229 g/mol. The molecule has 1 heterocycles. The minimum Gasteiger partial charge on any atom is -0.364 e. The Morgan fingerprint density at radius 2 is 2.00 bits per heavy atom. The number of ketones is 1. The van der Waals surface area contributed by atoms with Crippen molar-refractivity contribution in [3.8, 4) is 11.1 Å². The zero-order chi connectivity index (χ0) is 12.3. The van der Waals surface area contributed by atoms with E-state index in [0.717, 1.165) is 16.8 Å². The molecule has 0 saturated heterocycles. The molecule has 1 aromatic carbocycles. The Labute approximate surface area is 100 Å². The quantitative estimate of drug-likeness (QED) is 0.809. The summed E-state index contributed by atoms with van der Waals surface area (Å²) in [5.74, 6) is 0.200. The number of hydrogen-bond donors (Lipinski definition) is 0. The molecule has 0 amide bonds. The fourth-order valence-electron chi connectivity index (χ4n) is 1.61. The summed E-state index contributed by atoms with van der Waals surface area (Å²) in [6.07, 6.45) is 1.93. The van der Waals surface area contributed by atoms with Crippen LogP contribution in [0.25, 0.3) is 11.1 Å². The third-order valence-corrected chi connectivity index (χ3v) is 2.71. The van der Waals surface area contributed by atoms with Crippen molar-refractivity contribution < 1.29 is 9.32 Å². The van der Waals surface area contributed by atoms with Crippen molar-refractivity contribution >= 4 is 5.78 Å². The van der Waals surface area contributed by atoms with Gasteiger partial charge in [0, 0.05) is 11.5 Å². The Hall–Kier alpha value is -1.90. The second-order valence-electron chi connectivity index (χ2n) is 4.34. The number of rotatable bonds is 4. The Bertz CT molecular complexity index is 500. The Morgan fingerprint density at radius 3 is 2.65 bits per heavy atom. The maximum atomic E-state index is 11.7. The molecule has 3 nitrogen and oxygen atoms in total. The first kappa shape index (κ1) is 11.6. The van der Waals surface area contributed by atoms with Crippen LogP contribution in [0.1, 0.15) is 19.5 Å². The smallest absolute Gasteiger partial charge is 0.141 e. The highest BCUT2D eigenvalue weighted by Crippen LogP contribution is 2.23. The zero-order valence-corrected chi connectivity index (χ0v) is 10.0. The predicted octanol–water partition coefficient (Wildman–Crippen LogP) is 3.11. The van der Waals surface area contributed by atoms with Crippen molar-refractivity contribution in [3.05, 3.63) is 42.3 Å². The lowest BCUT2D eigenvalue weighted by Crippen LogP contribution is -2.10. The third kappa shape index (κ3) is 2.61. The number of aromatic nitrogens is 1. The number of carbonyl (C=O) groups is 1. The summed E-state index contributed by atoms with van der Waals surface area (Å²) in [6, 6.07) is 9.83. The van der Waals surface area contributed by atoms with Crippen LogP contribution in [0.5, 0.6) is 0 Å². The SMILES string of the molecule is CC(C)C(=O)Cc1nocc1-c1ccccc1. The summed E-state index contributed by atoms with van der Waals surface area (Å²) in [5.41, 5.74) is 2.65. The molecule has 17 heavy (non-hydrogen) atoms. The van der Waals surface area contributed by atoms with Gasteiger partial charge in [-0.15, -0.1) is 0 Å². The van der Waals surface area contributed by atoms with Gasteiger partial charge in [0.25, 0.3) is 0 Å². The first-order valence-corrected chi connectivity index (χ1v) is 5.70. The molecule has 88 valence electrons. The van der Waals surface area contributed by atoms with Crippen LogP contribution >= 0.6 is 0 Å². The molecule has 0 aliphatic rings. The van der Waals surface area contributed by atoms with Gasteiger partial charge in [0.1, 0.15) is 12.0 Å². The van der Waals surface area contributed by atoms with Crippen molar-refractivity contribution in [1.82, 2.24) is 5.16 Å². The van der Waals surface area contributed by atoms with Gasteiger partial charge in [-0.25, -0.2) is 0 Å². The highest BCUT2D eigenvalue weighted by Gasteiger charge is 2.15. The van der Waals surface area contributed by atoms with Gasteiger partial charge in [-0.3, -0.25) is 4.79 Å². The van der Waals surface area contributed by atoms with E-state index in [2.05, 4.69) is 5.16 Å². The van der Waals surface area contributed by atoms with Crippen LogP contribution in [-0.4, -0.2) is 10.9 Å². The van der Waals surface area contributed by atoms with Gasteiger partial charge in [-0.1, -0.05) is 49.3 Å². The lowest BCUT2D eigenvalue weighted by molar-refractivity contribution is -0.121. The van der Waals surface area contributed by atoms with E-state index in [4.69, 9.17) is 4.52 Å². The van der Waals surface area contributed by atoms with Crippen LogP contribution in [0.2, 0.25) is 0 Å². The Balaban J connectivity index is 2.27. The molecule has 0 aliphatic heterocycles. The molecule has 0 spiro atoms. The summed E-state index contributed by atoms with van der Waals surface area (Å²) >= 11 is 0. The van der Waals surface area contributed by atoms with E-state index in [0.29, 0.717) is 6.42 Å². The van der Waals surface area contributed by atoms with Crippen molar-refractivity contribution in [1.29, 1.82) is 0 Å². The summed E-state index contributed by atoms with van der Waals surface area (Å²) in [5, 5.41) is 3.92. The van der Waals surface area contributed by atoms with Gasteiger partial charge in [-0.05, 0) is 5.56 Å². The normalized spacial score (nSPS) is 10.8. The molecule has 0 saturated carbocycles.